The molecular formula is C13H12ClN3O2. The number of aromatic nitrogens is 2. The number of nitrogens with one attached hydrogen (secondary N) is 1. The number of hydrogen-bond acceptors (Lipinski definition) is 4. The number of halogens is 1. The summed E-state index contributed by atoms with van der Waals surface area (Å²) in [5.41, 5.74) is 1.72. The third kappa shape index (κ3) is 3.20. The second kappa shape index (κ2) is 5.24. The van der Waals surface area contributed by atoms with Gasteiger partial charge in [0, 0.05) is 16.8 Å². The third-order valence-electron chi connectivity index (χ3n) is 2.51. The van der Waals surface area contributed by atoms with Gasteiger partial charge in [0.15, 0.2) is 5.69 Å². The summed E-state index contributed by atoms with van der Waals surface area (Å²) in [6.45, 7) is 3.55. The Kier molecular flexibility index (Phi) is 3.66. The van der Waals surface area contributed by atoms with Crippen LogP contribution in [0.25, 0.3) is 0 Å². The maximum absolute atomic E-state index is 10.9. The van der Waals surface area contributed by atoms with E-state index in [2.05, 4.69) is 15.3 Å². The molecule has 98 valence electrons. The second-order valence-electron chi connectivity index (χ2n) is 4.08. The molecule has 0 spiro atoms. The van der Waals surface area contributed by atoms with Crippen molar-refractivity contribution < 1.29 is 9.90 Å². The quantitative estimate of drug-likeness (QED) is 0.901. The number of carboxylic acids is 1. The average Bonchev–Trinajstić information content (AvgIpc) is 2.32. The molecule has 0 amide bonds. The van der Waals surface area contributed by atoms with Crippen molar-refractivity contribution in [2.45, 2.75) is 13.8 Å². The highest BCUT2D eigenvalue weighted by atomic mass is 35.5. The van der Waals surface area contributed by atoms with E-state index in [1.807, 2.05) is 19.1 Å². The summed E-state index contributed by atoms with van der Waals surface area (Å²) in [6.07, 6.45) is 0. The van der Waals surface area contributed by atoms with Crippen molar-refractivity contribution in [1.29, 1.82) is 0 Å². The Morgan fingerprint density at radius 3 is 2.63 bits per heavy atom. The smallest absolute Gasteiger partial charge is 0.354 e. The van der Waals surface area contributed by atoms with Gasteiger partial charge in [-0.05, 0) is 37.6 Å². The molecule has 2 rings (SSSR count). The van der Waals surface area contributed by atoms with Crippen molar-refractivity contribution in [2.75, 3.05) is 5.32 Å². The van der Waals surface area contributed by atoms with E-state index in [-0.39, 0.29) is 5.69 Å². The molecule has 1 aromatic heterocycles. The first-order valence-electron chi connectivity index (χ1n) is 5.58. The van der Waals surface area contributed by atoms with Crippen LogP contribution in [0.3, 0.4) is 0 Å². The SMILES string of the molecule is Cc1nc(Nc2ccc(Cl)cc2C)cc(C(=O)O)n1. The summed E-state index contributed by atoms with van der Waals surface area (Å²) >= 11 is 5.88. The number of hydrogen-bond donors (Lipinski definition) is 2. The van der Waals surface area contributed by atoms with E-state index in [4.69, 9.17) is 16.7 Å². The molecule has 19 heavy (non-hydrogen) atoms. The number of anilines is 2. The fraction of sp³-hybridized carbons (Fsp3) is 0.154. The molecule has 0 aliphatic carbocycles. The topological polar surface area (TPSA) is 75.1 Å². The lowest BCUT2D eigenvalue weighted by Gasteiger charge is -2.10. The van der Waals surface area contributed by atoms with Crippen LogP contribution in [0.1, 0.15) is 21.9 Å². The van der Waals surface area contributed by atoms with Crippen molar-refractivity contribution in [3.63, 3.8) is 0 Å². The predicted octanol–water partition coefficient (Wildman–Crippen LogP) is 3.19. The number of aromatic carboxylic acids is 1. The van der Waals surface area contributed by atoms with Crippen molar-refractivity contribution in [2.24, 2.45) is 0 Å². The summed E-state index contributed by atoms with van der Waals surface area (Å²) in [6, 6.07) is 6.78. The zero-order chi connectivity index (χ0) is 14.0. The summed E-state index contributed by atoms with van der Waals surface area (Å²) in [7, 11) is 0. The molecule has 1 heterocycles. The van der Waals surface area contributed by atoms with Gasteiger partial charge in [-0.25, -0.2) is 14.8 Å². The molecule has 0 aliphatic rings. The van der Waals surface area contributed by atoms with E-state index in [1.165, 1.54) is 6.07 Å². The Hall–Kier alpha value is -2.14. The number of nitrogens with zero attached hydrogens (tertiary/aromatic N) is 2. The lowest BCUT2D eigenvalue weighted by molar-refractivity contribution is 0.0690. The monoisotopic (exact) mass is 277 g/mol. The summed E-state index contributed by atoms with van der Waals surface area (Å²) in [5, 5.41) is 12.7. The third-order valence-corrected chi connectivity index (χ3v) is 2.74. The molecule has 5 nitrogen and oxygen atoms in total. The van der Waals surface area contributed by atoms with Gasteiger partial charge in [0.2, 0.25) is 0 Å². The molecule has 0 atom stereocenters. The van der Waals surface area contributed by atoms with Gasteiger partial charge in [-0.2, -0.15) is 0 Å². The molecule has 0 saturated heterocycles. The summed E-state index contributed by atoms with van der Waals surface area (Å²) in [5.74, 6) is -0.245. The van der Waals surface area contributed by atoms with Gasteiger partial charge in [0.05, 0.1) is 0 Å². The molecule has 2 aromatic rings. The van der Waals surface area contributed by atoms with Crippen molar-refractivity contribution in [1.82, 2.24) is 9.97 Å². The largest absolute Gasteiger partial charge is 0.477 e. The second-order valence-corrected chi connectivity index (χ2v) is 4.51. The van der Waals surface area contributed by atoms with E-state index in [0.717, 1.165) is 11.3 Å². The van der Waals surface area contributed by atoms with Crippen LogP contribution < -0.4 is 5.32 Å². The zero-order valence-corrected chi connectivity index (χ0v) is 11.2. The maximum atomic E-state index is 10.9. The van der Waals surface area contributed by atoms with E-state index >= 15 is 0 Å². The van der Waals surface area contributed by atoms with Gasteiger partial charge >= 0.3 is 5.97 Å². The van der Waals surface area contributed by atoms with Crippen LogP contribution in [-0.4, -0.2) is 21.0 Å². The van der Waals surface area contributed by atoms with Gasteiger partial charge in [-0.1, -0.05) is 11.6 Å². The molecule has 0 fully saturated rings. The minimum atomic E-state index is -1.08. The number of benzene rings is 1. The van der Waals surface area contributed by atoms with Crippen molar-refractivity contribution in [3.05, 3.63) is 46.4 Å². The fourth-order valence-electron chi connectivity index (χ4n) is 1.65. The van der Waals surface area contributed by atoms with Crippen LogP contribution in [0.4, 0.5) is 11.5 Å². The number of rotatable bonds is 3. The average molecular weight is 278 g/mol. The zero-order valence-electron chi connectivity index (χ0n) is 10.4. The molecule has 0 bridgehead atoms. The van der Waals surface area contributed by atoms with E-state index in [9.17, 15) is 4.79 Å². The number of aryl methyl sites for hydroxylation is 2. The predicted molar refractivity (Wildman–Crippen MR) is 73.2 cm³/mol. The minimum Gasteiger partial charge on any atom is -0.477 e. The highest BCUT2D eigenvalue weighted by Gasteiger charge is 2.09. The van der Waals surface area contributed by atoms with Gasteiger partial charge in [0.1, 0.15) is 11.6 Å². The number of carboxylic acid groups (broad SMARTS) is 1. The molecule has 2 N–H and O–H groups in total. The summed E-state index contributed by atoms with van der Waals surface area (Å²) < 4.78 is 0. The van der Waals surface area contributed by atoms with E-state index in [1.54, 1.807) is 13.0 Å². The Labute approximate surface area is 115 Å². The first-order valence-corrected chi connectivity index (χ1v) is 5.95. The minimum absolute atomic E-state index is 0.0402. The van der Waals surface area contributed by atoms with Gasteiger partial charge in [0.25, 0.3) is 0 Å². The fourth-order valence-corrected chi connectivity index (χ4v) is 1.87. The number of carbonyl (C=O) groups is 1. The summed E-state index contributed by atoms with van der Waals surface area (Å²) in [4.78, 5) is 18.9. The first-order chi connectivity index (χ1) is 8.95. The van der Waals surface area contributed by atoms with Crippen LogP contribution in [0.15, 0.2) is 24.3 Å². The standard InChI is InChI=1S/C13H12ClN3O2/c1-7-5-9(14)3-4-10(7)17-12-6-11(13(18)19)15-8(2)16-12/h3-6H,1-2H3,(H,18,19)(H,15,16,17). The molecule has 6 heteroatoms. The lowest BCUT2D eigenvalue weighted by Crippen LogP contribution is -2.06. The Morgan fingerprint density at radius 2 is 2.00 bits per heavy atom. The molecule has 0 saturated carbocycles. The van der Waals surface area contributed by atoms with Crippen molar-refractivity contribution in [3.8, 4) is 0 Å². The Bertz CT molecular complexity index is 644. The van der Waals surface area contributed by atoms with E-state index in [0.29, 0.717) is 16.7 Å². The molecule has 0 radical (unpaired) electrons. The van der Waals surface area contributed by atoms with Crippen LogP contribution >= 0.6 is 11.6 Å². The van der Waals surface area contributed by atoms with Crippen molar-refractivity contribution >= 4 is 29.1 Å². The molecule has 0 aliphatic heterocycles. The van der Waals surface area contributed by atoms with Crippen LogP contribution in [0.2, 0.25) is 5.02 Å². The maximum Gasteiger partial charge on any atom is 0.354 e. The first kappa shape index (κ1) is 13.3. The van der Waals surface area contributed by atoms with Gasteiger partial charge in [-0.15, -0.1) is 0 Å². The molecule has 0 unspecified atom stereocenters. The van der Waals surface area contributed by atoms with Crippen LogP contribution in [0.5, 0.6) is 0 Å². The molecule has 1 aromatic carbocycles. The Morgan fingerprint density at radius 1 is 1.26 bits per heavy atom. The lowest BCUT2D eigenvalue weighted by atomic mass is 10.2. The highest BCUT2D eigenvalue weighted by Crippen LogP contribution is 2.22. The molecular weight excluding hydrogens is 266 g/mol. The highest BCUT2D eigenvalue weighted by molar-refractivity contribution is 6.30. The van der Waals surface area contributed by atoms with Crippen LogP contribution in [-0.2, 0) is 0 Å². The van der Waals surface area contributed by atoms with Gasteiger partial charge in [-0.3, -0.25) is 0 Å². The Balaban J connectivity index is 2.35. The van der Waals surface area contributed by atoms with Gasteiger partial charge < -0.3 is 10.4 Å². The normalized spacial score (nSPS) is 10.3. The van der Waals surface area contributed by atoms with Crippen LogP contribution in [0, 0.1) is 13.8 Å². The van der Waals surface area contributed by atoms with E-state index < -0.39 is 5.97 Å².